The van der Waals surface area contributed by atoms with Crippen LogP contribution in [0, 0.1) is 0 Å². The number of rotatable bonds is 5. The fourth-order valence-electron chi connectivity index (χ4n) is 3.83. The zero-order chi connectivity index (χ0) is 23.7. The number of aliphatic hydroxyl groups is 1. The van der Waals surface area contributed by atoms with Crippen LogP contribution in [0.5, 0.6) is 0 Å². The lowest BCUT2D eigenvalue weighted by atomic mass is 9.95. The summed E-state index contributed by atoms with van der Waals surface area (Å²) in [4.78, 5) is 33.7. The maximum absolute atomic E-state index is 13.1. The van der Waals surface area contributed by atoms with Crippen LogP contribution >= 0.6 is 23.2 Å². The minimum absolute atomic E-state index is 0.00467. The van der Waals surface area contributed by atoms with Gasteiger partial charge in [0, 0.05) is 44.3 Å². The van der Waals surface area contributed by atoms with Crippen molar-refractivity contribution in [2.45, 2.75) is 12.6 Å². The summed E-state index contributed by atoms with van der Waals surface area (Å²) >= 11 is 12.1. The lowest BCUT2D eigenvalue weighted by Gasteiger charge is -2.26. The first-order chi connectivity index (χ1) is 15.8. The van der Waals surface area contributed by atoms with Crippen molar-refractivity contribution in [1.29, 1.82) is 0 Å². The molecule has 168 valence electrons. The van der Waals surface area contributed by atoms with Gasteiger partial charge in [-0.25, -0.2) is 0 Å². The number of benzene rings is 2. The van der Waals surface area contributed by atoms with Gasteiger partial charge in [0.1, 0.15) is 5.76 Å². The van der Waals surface area contributed by atoms with Gasteiger partial charge in [0.25, 0.3) is 11.7 Å². The summed E-state index contributed by atoms with van der Waals surface area (Å²) < 4.78 is 0. The Morgan fingerprint density at radius 2 is 1.67 bits per heavy atom. The molecule has 3 aromatic rings. The highest BCUT2D eigenvalue weighted by Gasteiger charge is 2.46. The van der Waals surface area contributed by atoms with Gasteiger partial charge in [0.05, 0.1) is 21.7 Å². The van der Waals surface area contributed by atoms with Gasteiger partial charge in [-0.05, 0) is 53.6 Å². The Balaban J connectivity index is 1.86. The molecule has 0 bridgehead atoms. The summed E-state index contributed by atoms with van der Waals surface area (Å²) in [6.07, 6.45) is 3.25. The molecule has 1 amide bonds. The Labute approximate surface area is 201 Å². The molecule has 0 spiro atoms. The SMILES string of the molecule is CN(C)c1ccc(C2/C(=C(/O)c3ccc(Cl)c(Cl)c3)C(=O)C(=O)N2Cc2ccncc2)cc1. The summed E-state index contributed by atoms with van der Waals surface area (Å²) in [5.41, 5.74) is 2.80. The number of nitrogens with zero attached hydrogens (tertiary/aromatic N) is 3. The number of halogens is 2. The average molecular weight is 482 g/mol. The van der Waals surface area contributed by atoms with Crippen molar-refractivity contribution in [3.05, 3.63) is 99.3 Å². The Hall–Kier alpha value is -3.35. The number of anilines is 1. The van der Waals surface area contributed by atoms with Crippen molar-refractivity contribution in [2.75, 3.05) is 19.0 Å². The Morgan fingerprint density at radius 1 is 1.00 bits per heavy atom. The molecule has 0 radical (unpaired) electrons. The van der Waals surface area contributed by atoms with Gasteiger partial charge >= 0.3 is 0 Å². The van der Waals surface area contributed by atoms with Gasteiger partial charge in [0.15, 0.2) is 0 Å². The number of hydrogen-bond acceptors (Lipinski definition) is 5. The van der Waals surface area contributed by atoms with Crippen LogP contribution < -0.4 is 4.90 Å². The van der Waals surface area contributed by atoms with Crippen molar-refractivity contribution in [2.24, 2.45) is 0 Å². The van der Waals surface area contributed by atoms with Gasteiger partial charge in [-0.1, -0.05) is 35.3 Å². The number of hydrogen-bond donors (Lipinski definition) is 1. The second-order valence-corrected chi connectivity index (χ2v) is 8.71. The van der Waals surface area contributed by atoms with Crippen LogP contribution in [0.1, 0.15) is 22.7 Å². The van der Waals surface area contributed by atoms with Crippen LogP contribution in [0.4, 0.5) is 5.69 Å². The number of carbonyl (C=O) groups excluding carboxylic acids is 2. The van der Waals surface area contributed by atoms with Crippen LogP contribution in [-0.2, 0) is 16.1 Å². The normalized spacial score (nSPS) is 17.5. The van der Waals surface area contributed by atoms with Crippen molar-refractivity contribution in [1.82, 2.24) is 9.88 Å². The molecule has 0 aliphatic carbocycles. The van der Waals surface area contributed by atoms with E-state index in [4.69, 9.17) is 23.2 Å². The molecule has 1 fully saturated rings. The number of aliphatic hydroxyl groups excluding tert-OH is 1. The molecular formula is C25H21Cl2N3O3. The van der Waals surface area contributed by atoms with Crippen molar-refractivity contribution < 1.29 is 14.7 Å². The van der Waals surface area contributed by atoms with E-state index in [-0.39, 0.29) is 22.9 Å². The molecule has 0 saturated carbocycles. The lowest BCUT2D eigenvalue weighted by Crippen LogP contribution is -2.29. The van der Waals surface area contributed by atoms with E-state index in [0.717, 1.165) is 11.3 Å². The molecule has 4 rings (SSSR count). The third kappa shape index (κ3) is 4.45. The standard InChI is InChI=1S/C25H21Cl2N3O3/c1-29(2)18-6-3-16(4-7-18)22-21(23(31)17-5-8-19(26)20(27)13-17)24(32)25(33)30(22)14-15-9-11-28-12-10-15/h3-13,22,31H,14H2,1-2H3/b23-21-. The fourth-order valence-corrected chi connectivity index (χ4v) is 4.13. The first kappa shape index (κ1) is 22.8. The van der Waals surface area contributed by atoms with E-state index < -0.39 is 17.7 Å². The average Bonchev–Trinajstić information content (AvgIpc) is 3.06. The topological polar surface area (TPSA) is 73.7 Å². The zero-order valence-corrected chi connectivity index (χ0v) is 19.5. The third-order valence-corrected chi connectivity index (χ3v) is 6.30. The molecule has 2 aromatic carbocycles. The maximum atomic E-state index is 13.1. The van der Waals surface area contributed by atoms with Crippen LogP contribution in [-0.4, -0.2) is 40.8 Å². The van der Waals surface area contributed by atoms with E-state index in [1.54, 1.807) is 30.6 Å². The Kier molecular flexibility index (Phi) is 6.40. The first-order valence-corrected chi connectivity index (χ1v) is 10.9. The van der Waals surface area contributed by atoms with Gasteiger partial charge < -0.3 is 14.9 Å². The van der Waals surface area contributed by atoms with Gasteiger partial charge in [-0.15, -0.1) is 0 Å². The molecule has 33 heavy (non-hydrogen) atoms. The Bertz CT molecular complexity index is 1240. The molecule has 1 aliphatic rings. The quantitative estimate of drug-likeness (QED) is 0.312. The second kappa shape index (κ2) is 9.25. The van der Waals surface area contributed by atoms with Crippen LogP contribution in [0.15, 0.2) is 72.6 Å². The van der Waals surface area contributed by atoms with E-state index in [1.165, 1.54) is 17.0 Å². The van der Waals surface area contributed by atoms with Crippen LogP contribution in [0.2, 0.25) is 10.0 Å². The molecule has 1 unspecified atom stereocenters. The highest BCUT2D eigenvalue weighted by molar-refractivity contribution is 6.46. The van der Waals surface area contributed by atoms with Crippen LogP contribution in [0.3, 0.4) is 0 Å². The second-order valence-electron chi connectivity index (χ2n) is 7.90. The molecule has 1 atom stereocenters. The largest absolute Gasteiger partial charge is 0.507 e. The maximum Gasteiger partial charge on any atom is 0.295 e. The number of carbonyl (C=O) groups is 2. The predicted molar refractivity (Wildman–Crippen MR) is 129 cm³/mol. The number of ketones is 1. The first-order valence-electron chi connectivity index (χ1n) is 10.2. The smallest absolute Gasteiger partial charge is 0.295 e. The zero-order valence-electron chi connectivity index (χ0n) is 18.0. The summed E-state index contributed by atoms with van der Waals surface area (Å²) in [5, 5.41) is 11.7. The number of Topliss-reactive ketones (excluding diaryl/α,β-unsaturated/α-hetero) is 1. The molecule has 6 nitrogen and oxygen atoms in total. The van der Waals surface area contributed by atoms with Crippen molar-refractivity contribution in [3.8, 4) is 0 Å². The Morgan fingerprint density at radius 3 is 2.27 bits per heavy atom. The van der Waals surface area contributed by atoms with Crippen LogP contribution in [0.25, 0.3) is 5.76 Å². The molecule has 2 heterocycles. The van der Waals surface area contributed by atoms with Gasteiger partial charge in [0.2, 0.25) is 0 Å². The number of pyridine rings is 1. The molecule has 1 N–H and O–H groups in total. The minimum atomic E-state index is -0.774. The van der Waals surface area contributed by atoms with E-state index in [9.17, 15) is 14.7 Å². The predicted octanol–water partition coefficient (Wildman–Crippen LogP) is 5.08. The minimum Gasteiger partial charge on any atom is -0.507 e. The van der Waals surface area contributed by atoms with Crippen molar-refractivity contribution >= 4 is 46.3 Å². The molecular weight excluding hydrogens is 461 g/mol. The van der Waals surface area contributed by atoms with E-state index in [1.807, 2.05) is 43.3 Å². The fraction of sp³-hybridized carbons (Fsp3) is 0.160. The van der Waals surface area contributed by atoms with Gasteiger partial charge in [-0.3, -0.25) is 14.6 Å². The summed E-state index contributed by atoms with van der Waals surface area (Å²) in [6, 6.07) is 14.9. The number of likely N-dealkylation sites (tertiary alicyclic amines) is 1. The molecule has 1 saturated heterocycles. The van der Waals surface area contributed by atoms with Gasteiger partial charge in [-0.2, -0.15) is 0 Å². The highest BCUT2D eigenvalue weighted by atomic mass is 35.5. The van der Waals surface area contributed by atoms with E-state index in [0.29, 0.717) is 16.1 Å². The summed E-state index contributed by atoms with van der Waals surface area (Å²) in [5.74, 6) is -1.74. The van der Waals surface area contributed by atoms with Crippen molar-refractivity contribution in [3.63, 3.8) is 0 Å². The van der Waals surface area contributed by atoms with E-state index in [2.05, 4.69) is 4.98 Å². The molecule has 1 aliphatic heterocycles. The lowest BCUT2D eigenvalue weighted by molar-refractivity contribution is -0.140. The van der Waals surface area contributed by atoms with E-state index >= 15 is 0 Å². The highest BCUT2D eigenvalue weighted by Crippen LogP contribution is 2.41. The number of aromatic nitrogens is 1. The summed E-state index contributed by atoms with van der Waals surface area (Å²) in [6.45, 7) is 0.186. The number of amides is 1. The summed E-state index contributed by atoms with van der Waals surface area (Å²) in [7, 11) is 3.85. The molecule has 1 aromatic heterocycles. The molecule has 8 heteroatoms. The monoisotopic (exact) mass is 481 g/mol. The third-order valence-electron chi connectivity index (χ3n) is 5.56.